The molecule has 1 N–H and O–H groups in total. The Hall–Kier alpha value is -1.07. The monoisotopic (exact) mass is 326 g/mol. The summed E-state index contributed by atoms with van der Waals surface area (Å²) in [6.07, 6.45) is 1.92. The first-order valence-corrected chi connectivity index (χ1v) is 7.49. The van der Waals surface area contributed by atoms with Gasteiger partial charge in [0, 0.05) is 22.1 Å². The van der Waals surface area contributed by atoms with Crippen molar-refractivity contribution in [2.24, 2.45) is 0 Å². The maximum atomic E-state index is 12.2. The third kappa shape index (κ3) is 2.84. The molecule has 1 unspecified atom stereocenters. The molecule has 0 aromatic carbocycles. The summed E-state index contributed by atoms with van der Waals surface area (Å²) >= 11 is 5.05. The van der Waals surface area contributed by atoms with Gasteiger partial charge in [-0.25, -0.2) is 0 Å². The van der Waals surface area contributed by atoms with E-state index in [2.05, 4.69) is 21.2 Å². The van der Waals surface area contributed by atoms with Crippen molar-refractivity contribution in [1.29, 1.82) is 0 Å². The van der Waals surface area contributed by atoms with Gasteiger partial charge in [-0.1, -0.05) is 6.07 Å². The van der Waals surface area contributed by atoms with Gasteiger partial charge in [0.25, 0.3) is 5.91 Å². The lowest BCUT2D eigenvalue weighted by atomic mass is 10.2. The average molecular weight is 327 g/mol. The lowest BCUT2D eigenvalue weighted by molar-refractivity contribution is 0.0931. The van der Waals surface area contributed by atoms with Gasteiger partial charge < -0.3 is 9.88 Å². The van der Waals surface area contributed by atoms with E-state index in [9.17, 15) is 4.79 Å². The number of thiophene rings is 1. The number of amides is 1. The number of aromatic nitrogens is 1. The highest BCUT2D eigenvalue weighted by Crippen LogP contribution is 2.20. The smallest absolute Gasteiger partial charge is 0.268 e. The molecule has 1 amide bonds. The SMILES string of the molecule is CCn1cc(Br)cc1C(=O)NC(C)c1cccs1. The summed E-state index contributed by atoms with van der Waals surface area (Å²) in [5, 5.41) is 5.03. The molecule has 0 aliphatic rings. The first kappa shape index (κ1) is 13.4. The molecule has 0 saturated heterocycles. The molecule has 0 spiro atoms. The van der Waals surface area contributed by atoms with Gasteiger partial charge in [-0.2, -0.15) is 0 Å². The molecule has 96 valence electrons. The lowest BCUT2D eigenvalue weighted by Gasteiger charge is -2.13. The number of nitrogens with zero attached hydrogens (tertiary/aromatic N) is 1. The fraction of sp³-hybridized carbons (Fsp3) is 0.308. The zero-order chi connectivity index (χ0) is 13.1. The summed E-state index contributed by atoms with van der Waals surface area (Å²) in [4.78, 5) is 13.4. The van der Waals surface area contributed by atoms with Gasteiger partial charge in [0.2, 0.25) is 0 Å². The molecule has 3 nitrogen and oxygen atoms in total. The maximum absolute atomic E-state index is 12.2. The second kappa shape index (κ2) is 5.71. The molecule has 18 heavy (non-hydrogen) atoms. The Balaban J connectivity index is 2.12. The fourth-order valence-electron chi connectivity index (χ4n) is 1.81. The number of hydrogen-bond acceptors (Lipinski definition) is 2. The Labute approximate surface area is 119 Å². The third-order valence-corrected chi connectivity index (χ3v) is 4.24. The largest absolute Gasteiger partial charge is 0.343 e. The Kier molecular flexibility index (Phi) is 4.24. The van der Waals surface area contributed by atoms with Crippen LogP contribution < -0.4 is 5.32 Å². The molecular formula is C13H15BrN2OS. The van der Waals surface area contributed by atoms with E-state index in [0.29, 0.717) is 5.69 Å². The molecular weight excluding hydrogens is 312 g/mol. The van der Waals surface area contributed by atoms with Gasteiger partial charge in [0.1, 0.15) is 5.69 Å². The molecule has 0 bridgehead atoms. The number of nitrogens with one attached hydrogen (secondary N) is 1. The van der Waals surface area contributed by atoms with Crippen LogP contribution in [0.3, 0.4) is 0 Å². The van der Waals surface area contributed by atoms with Gasteiger partial charge in [-0.05, 0) is 47.3 Å². The van der Waals surface area contributed by atoms with Crippen LogP contribution in [0, 0.1) is 0 Å². The van der Waals surface area contributed by atoms with E-state index in [-0.39, 0.29) is 11.9 Å². The first-order chi connectivity index (χ1) is 8.61. The van der Waals surface area contributed by atoms with Crippen molar-refractivity contribution in [2.45, 2.75) is 26.4 Å². The van der Waals surface area contributed by atoms with Crippen molar-refractivity contribution in [3.8, 4) is 0 Å². The predicted molar refractivity (Wildman–Crippen MR) is 78.0 cm³/mol. The molecule has 5 heteroatoms. The molecule has 0 radical (unpaired) electrons. The van der Waals surface area contributed by atoms with Crippen molar-refractivity contribution in [3.63, 3.8) is 0 Å². The van der Waals surface area contributed by atoms with Crippen molar-refractivity contribution in [2.75, 3.05) is 0 Å². The molecule has 2 heterocycles. The number of rotatable bonds is 4. The summed E-state index contributed by atoms with van der Waals surface area (Å²) in [6.45, 7) is 4.80. The molecule has 1 atom stereocenters. The highest BCUT2D eigenvalue weighted by molar-refractivity contribution is 9.10. The Bertz CT molecular complexity index is 533. The molecule has 2 aromatic rings. The normalized spacial score (nSPS) is 12.4. The van der Waals surface area contributed by atoms with Crippen LogP contribution in [0.1, 0.15) is 35.3 Å². The number of aryl methyl sites for hydroxylation is 1. The zero-order valence-corrected chi connectivity index (χ0v) is 12.7. The van der Waals surface area contributed by atoms with Crippen LogP contribution in [-0.2, 0) is 6.54 Å². The van der Waals surface area contributed by atoms with Gasteiger partial charge in [-0.15, -0.1) is 11.3 Å². The van der Waals surface area contributed by atoms with Crippen molar-refractivity contribution < 1.29 is 4.79 Å². The summed E-state index contributed by atoms with van der Waals surface area (Å²) in [5.41, 5.74) is 0.688. The van der Waals surface area contributed by atoms with E-state index < -0.39 is 0 Å². The summed E-state index contributed by atoms with van der Waals surface area (Å²) in [6, 6.07) is 5.91. The summed E-state index contributed by atoms with van der Waals surface area (Å²) < 4.78 is 2.86. The van der Waals surface area contributed by atoms with Gasteiger partial charge in [0.05, 0.1) is 6.04 Å². The summed E-state index contributed by atoms with van der Waals surface area (Å²) in [7, 11) is 0. The van der Waals surface area contributed by atoms with Crippen LogP contribution in [0.5, 0.6) is 0 Å². The van der Waals surface area contributed by atoms with Crippen LogP contribution in [0.4, 0.5) is 0 Å². The van der Waals surface area contributed by atoms with E-state index in [1.807, 2.05) is 48.2 Å². The topological polar surface area (TPSA) is 34.0 Å². The van der Waals surface area contributed by atoms with Crippen molar-refractivity contribution in [1.82, 2.24) is 9.88 Å². The van der Waals surface area contributed by atoms with Gasteiger partial charge >= 0.3 is 0 Å². The predicted octanol–water partition coefficient (Wildman–Crippen LogP) is 3.82. The zero-order valence-electron chi connectivity index (χ0n) is 10.3. The first-order valence-electron chi connectivity index (χ1n) is 5.81. The quantitative estimate of drug-likeness (QED) is 0.910. The van der Waals surface area contributed by atoms with Crippen LogP contribution in [0.15, 0.2) is 34.2 Å². The van der Waals surface area contributed by atoms with E-state index in [0.717, 1.165) is 15.9 Å². The van der Waals surface area contributed by atoms with Crippen molar-refractivity contribution in [3.05, 3.63) is 44.8 Å². The lowest BCUT2D eigenvalue weighted by Crippen LogP contribution is -2.28. The maximum Gasteiger partial charge on any atom is 0.268 e. The Morgan fingerprint density at radius 2 is 2.39 bits per heavy atom. The minimum Gasteiger partial charge on any atom is -0.343 e. The standard InChI is InChI=1S/C13H15BrN2OS/c1-3-16-8-10(14)7-11(16)13(17)15-9(2)12-5-4-6-18-12/h4-9H,3H2,1-2H3,(H,15,17). The molecule has 0 aliphatic carbocycles. The van der Waals surface area contributed by atoms with Crippen molar-refractivity contribution >= 4 is 33.2 Å². The molecule has 0 aliphatic heterocycles. The fourth-order valence-corrected chi connectivity index (χ4v) is 3.00. The second-order valence-electron chi connectivity index (χ2n) is 4.04. The summed E-state index contributed by atoms with van der Waals surface area (Å²) in [5.74, 6) is -0.0385. The van der Waals surface area contributed by atoms with E-state index in [4.69, 9.17) is 0 Å². The van der Waals surface area contributed by atoms with Crippen LogP contribution in [-0.4, -0.2) is 10.5 Å². The van der Waals surface area contributed by atoms with Gasteiger partial charge in [0.15, 0.2) is 0 Å². The minimum absolute atomic E-state index is 0.0384. The van der Waals surface area contributed by atoms with E-state index >= 15 is 0 Å². The van der Waals surface area contributed by atoms with Gasteiger partial charge in [-0.3, -0.25) is 4.79 Å². The van der Waals surface area contributed by atoms with Crippen LogP contribution >= 0.6 is 27.3 Å². The minimum atomic E-state index is -0.0385. The second-order valence-corrected chi connectivity index (χ2v) is 5.94. The molecule has 2 rings (SSSR count). The highest BCUT2D eigenvalue weighted by Gasteiger charge is 2.15. The van der Waals surface area contributed by atoms with Crippen LogP contribution in [0.25, 0.3) is 0 Å². The van der Waals surface area contributed by atoms with E-state index in [1.165, 1.54) is 0 Å². The van der Waals surface area contributed by atoms with E-state index in [1.54, 1.807) is 11.3 Å². The third-order valence-electron chi connectivity index (χ3n) is 2.75. The molecule has 0 saturated carbocycles. The molecule has 2 aromatic heterocycles. The number of hydrogen-bond donors (Lipinski definition) is 1. The Morgan fingerprint density at radius 1 is 1.61 bits per heavy atom. The number of carbonyl (C=O) groups excluding carboxylic acids is 1. The average Bonchev–Trinajstić information content (AvgIpc) is 2.96. The number of halogens is 1. The highest BCUT2D eigenvalue weighted by atomic mass is 79.9. The van der Waals surface area contributed by atoms with Crippen LogP contribution in [0.2, 0.25) is 0 Å². The number of carbonyl (C=O) groups is 1. The Morgan fingerprint density at radius 3 is 3.00 bits per heavy atom. The molecule has 0 fully saturated rings.